The summed E-state index contributed by atoms with van der Waals surface area (Å²) in [5, 5.41) is 8.32. The lowest BCUT2D eigenvalue weighted by atomic mass is 10.1. The Balaban J connectivity index is 3.70. The van der Waals surface area contributed by atoms with Crippen LogP contribution in [0.15, 0.2) is 11.9 Å². The second-order valence-corrected chi connectivity index (χ2v) is 2.81. The maximum Gasteiger partial charge on any atom is 0.308 e. The van der Waals surface area contributed by atoms with Crippen molar-refractivity contribution in [2.24, 2.45) is 5.92 Å². The van der Waals surface area contributed by atoms with E-state index in [4.69, 9.17) is 5.11 Å². The third kappa shape index (κ3) is 5.36. The number of esters is 1. The van der Waals surface area contributed by atoms with E-state index in [9.17, 15) is 9.18 Å². The van der Waals surface area contributed by atoms with Gasteiger partial charge in [0.05, 0.1) is 19.6 Å². The van der Waals surface area contributed by atoms with Crippen molar-refractivity contribution >= 4 is 5.97 Å². The number of allylic oxidation sites excluding steroid dienone is 1. The van der Waals surface area contributed by atoms with Crippen LogP contribution in [0.25, 0.3) is 0 Å². The van der Waals surface area contributed by atoms with Crippen molar-refractivity contribution in [3.8, 4) is 0 Å². The van der Waals surface area contributed by atoms with Crippen LogP contribution >= 0.6 is 0 Å². The number of rotatable bonds is 5. The summed E-state index contributed by atoms with van der Waals surface area (Å²) < 4.78 is 16.9. The second-order valence-electron chi connectivity index (χ2n) is 2.81. The average molecular weight is 190 g/mol. The number of aliphatic hydroxyl groups excluding tert-OH is 1. The first-order valence-electron chi connectivity index (χ1n) is 4.15. The number of carbonyl (C=O) groups is 1. The molecular formula is C9H15FO3. The van der Waals surface area contributed by atoms with Crippen LogP contribution < -0.4 is 0 Å². The van der Waals surface area contributed by atoms with Crippen LogP contribution in [0.5, 0.6) is 0 Å². The summed E-state index contributed by atoms with van der Waals surface area (Å²) in [5.74, 6) is -1.08. The van der Waals surface area contributed by atoms with E-state index in [1.807, 2.05) is 0 Å². The maximum atomic E-state index is 12.4. The quantitative estimate of drug-likeness (QED) is 0.667. The van der Waals surface area contributed by atoms with Gasteiger partial charge >= 0.3 is 5.97 Å². The highest BCUT2D eigenvalue weighted by Gasteiger charge is 2.11. The molecule has 0 aromatic heterocycles. The van der Waals surface area contributed by atoms with Crippen molar-refractivity contribution in [3.63, 3.8) is 0 Å². The third-order valence-corrected chi connectivity index (χ3v) is 1.72. The predicted octanol–water partition coefficient (Wildman–Crippen LogP) is 1.42. The molecule has 3 nitrogen and oxygen atoms in total. The van der Waals surface area contributed by atoms with E-state index in [-0.39, 0.29) is 11.9 Å². The van der Waals surface area contributed by atoms with Gasteiger partial charge < -0.3 is 9.84 Å². The summed E-state index contributed by atoms with van der Waals surface area (Å²) >= 11 is 0. The van der Waals surface area contributed by atoms with E-state index >= 15 is 0 Å². The fraction of sp³-hybridized carbons (Fsp3) is 0.667. The van der Waals surface area contributed by atoms with E-state index in [0.717, 1.165) is 0 Å². The fourth-order valence-electron chi connectivity index (χ4n) is 0.874. The van der Waals surface area contributed by atoms with Crippen molar-refractivity contribution in [2.75, 3.05) is 13.7 Å². The Labute approximate surface area is 77.2 Å². The van der Waals surface area contributed by atoms with Crippen LogP contribution in [-0.4, -0.2) is 24.8 Å². The molecule has 0 saturated carbocycles. The number of carbonyl (C=O) groups excluding carboxylic acids is 1. The number of aliphatic hydroxyl groups is 1. The van der Waals surface area contributed by atoms with Crippen LogP contribution in [0.1, 0.15) is 19.8 Å². The van der Waals surface area contributed by atoms with Gasteiger partial charge in [-0.25, -0.2) is 4.39 Å². The maximum absolute atomic E-state index is 12.4. The van der Waals surface area contributed by atoms with E-state index in [2.05, 4.69) is 4.74 Å². The van der Waals surface area contributed by atoms with Crippen molar-refractivity contribution in [1.29, 1.82) is 0 Å². The number of methoxy groups -OCH3 is 1. The molecule has 0 aliphatic carbocycles. The average Bonchev–Trinajstić information content (AvgIpc) is 2.15. The lowest BCUT2D eigenvalue weighted by Gasteiger charge is -2.06. The molecule has 0 aromatic carbocycles. The topological polar surface area (TPSA) is 46.5 Å². The smallest absolute Gasteiger partial charge is 0.308 e. The molecule has 0 fully saturated rings. The first kappa shape index (κ1) is 12.1. The minimum atomic E-state index is -0.577. The first-order valence-corrected chi connectivity index (χ1v) is 4.15. The van der Waals surface area contributed by atoms with Crippen LogP contribution in [0.2, 0.25) is 0 Å². The van der Waals surface area contributed by atoms with Crippen LogP contribution in [0, 0.1) is 5.92 Å². The van der Waals surface area contributed by atoms with Crippen molar-refractivity contribution in [3.05, 3.63) is 11.9 Å². The van der Waals surface area contributed by atoms with Gasteiger partial charge in [-0.15, -0.1) is 0 Å². The zero-order chi connectivity index (χ0) is 10.3. The minimum Gasteiger partial charge on any atom is -0.469 e. The molecule has 0 saturated heterocycles. The molecular weight excluding hydrogens is 175 g/mol. The minimum absolute atomic E-state index is 0.229. The summed E-state index contributed by atoms with van der Waals surface area (Å²) in [6.45, 7) is 1.14. The summed E-state index contributed by atoms with van der Waals surface area (Å²) in [6, 6.07) is 0. The number of ether oxygens (including phenoxy) is 1. The molecule has 0 bridgehead atoms. The standard InChI is InChI=1S/C9H15FO3/c1-7(9(12)13-2)4-3-5-8(10)6-11/h5,7,11H,3-4,6H2,1-2H3/b8-5+/t7-/m0/s1. The molecule has 0 radical (unpaired) electrons. The van der Waals surface area contributed by atoms with Gasteiger partial charge in [-0.2, -0.15) is 0 Å². The normalized spacial score (nSPS) is 14.0. The molecule has 0 aromatic rings. The molecule has 76 valence electrons. The molecule has 0 amide bonds. The van der Waals surface area contributed by atoms with Crippen molar-refractivity contribution < 1.29 is 19.0 Å². The third-order valence-electron chi connectivity index (χ3n) is 1.72. The van der Waals surface area contributed by atoms with Gasteiger partial charge in [0.2, 0.25) is 0 Å². The van der Waals surface area contributed by atoms with Crippen LogP contribution in [0.3, 0.4) is 0 Å². The van der Waals surface area contributed by atoms with Crippen molar-refractivity contribution in [2.45, 2.75) is 19.8 Å². The highest BCUT2D eigenvalue weighted by Crippen LogP contribution is 2.09. The first-order chi connectivity index (χ1) is 6.11. The van der Waals surface area contributed by atoms with E-state index in [1.165, 1.54) is 13.2 Å². The lowest BCUT2D eigenvalue weighted by molar-refractivity contribution is -0.144. The zero-order valence-electron chi connectivity index (χ0n) is 7.92. The molecule has 0 aliphatic rings. The lowest BCUT2D eigenvalue weighted by Crippen LogP contribution is -2.12. The number of hydrogen-bond donors (Lipinski definition) is 1. The predicted molar refractivity (Wildman–Crippen MR) is 46.7 cm³/mol. The van der Waals surface area contributed by atoms with Crippen LogP contribution in [0.4, 0.5) is 4.39 Å². The van der Waals surface area contributed by atoms with Crippen molar-refractivity contribution in [1.82, 2.24) is 0 Å². The highest BCUT2D eigenvalue weighted by atomic mass is 19.1. The Hall–Kier alpha value is -0.900. The fourth-order valence-corrected chi connectivity index (χ4v) is 0.874. The number of halogens is 1. The molecule has 0 heterocycles. The summed E-state index contributed by atoms with van der Waals surface area (Å²) in [7, 11) is 1.32. The Kier molecular flexibility index (Phi) is 6.14. The van der Waals surface area contributed by atoms with Crippen LogP contribution in [-0.2, 0) is 9.53 Å². The Morgan fingerprint density at radius 3 is 2.77 bits per heavy atom. The van der Waals surface area contributed by atoms with Gasteiger partial charge in [-0.05, 0) is 12.8 Å². The Bertz CT molecular complexity index is 189. The summed E-state index contributed by atoms with van der Waals surface area (Å²) in [4.78, 5) is 10.9. The monoisotopic (exact) mass is 190 g/mol. The van der Waals surface area contributed by atoms with E-state index in [1.54, 1.807) is 6.92 Å². The van der Waals surface area contributed by atoms with Gasteiger partial charge in [-0.3, -0.25) is 4.79 Å². The number of hydrogen-bond acceptors (Lipinski definition) is 3. The molecule has 1 atom stereocenters. The van der Waals surface area contributed by atoms with Gasteiger partial charge in [0.25, 0.3) is 0 Å². The second kappa shape index (κ2) is 6.60. The molecule has 1 N–H and O–H groups in total. The molecule has 0 aliphatic heterocycles. The molecule has 0 unspecified atom stereocenters. The zero-order valence-corrected chi connectivity index (χ0v) is 7.92. The molecule has 0 rings (SSSR count). The molecule has 13 heavy (non-hydrogen) atoms. The van der Waals surface area contributed by atoms with E-state index in [0.29, 0.717) is 12.8 Å². The Morgan fingerprint density at radius 1 is 1.69 bits per heavy atom. The largest absolute Gasteiger partial charge is 0.469 e. The highest BCUT2D eigenvalue weighted by molar-refractivity contribution is 5.71. The molecule has 4 heteroatoms. The SMILES string of the molecule is COC(=O)[C@@H](C)CC/C=C(/F)CO. The molecule has 0 spiro atoms. The van der Waals surface area contributed by atoms with Gasteiger partial charge in [0, 0.05) is 0 Å². The Morgan fingerprint density at radius 2 is 2.31 bits per heavy atom. The summed E-state index contributed by atoms with van der Waals surface area (Å²) in [5.41, 5.74) is 0. The summed E-state index contributed by atoms with van der Waals surface area (Å²) in [6.07, 6.45) is 2.24. The van der Waals surface area contributed by atoms with Gasteiger partial charge in [-0.1, -0.05) is 13.0 Å². The van der Waals surface area contributed by atoms with E-state index < -0.39 is 12.4 Å². The van der Waals surface area contributed by atoms with Gasteiger partial charge in [0.1, 0.15) is 5.83 Å². The van der Waals surface area contributed by atoms with Gasteiger partial charge in [0.15, 0.2) is 0 Å².